The van der Waals surface area contributed by atoms with Crippen molar-refractivity contribution in [1.29, 1.82) is 0 Å². The quantitative estimate of drug-likeness (QED) is 0.891. The van der Waals surface area contributed by atoms with E-state index in [9.17, 15) is 0 Å². The van der Waals surface area contributed by atoms with Crippen molar-refractivity contribution in [2.75, 3.05) is 13.1 Å². The molecule has 4 nitrogen and oxygen atoms in total. The Balaban J connectivity index is 2.28. The average molecular weight is 250 g/mol. The van der Waals surface area contributed by atoms with Gasteiger partial charge in [0.05, 0.1) is 18.1 Å². The van der Waals surface area contributed by atoms with E-state index in [0.717, 1.165) is 19.5 Å². The van der Waals surface area contributed by atoms with Gasteiger partial charge in [0.25, 0.3) is 0 Å². The van der Waals surface area contributed by atoms with Crippen LogP contribution in [0.2, 0.25) is 0 Å². The predicted molar refractivity (Wildman–Crippen MR) is 74.3 cm³/mol. The van der Waals surface area contributed by atoms with Crippen LogP contribution in [-0.2, 0) is 6.54 Å². The molecular weight excluding hydrogens is 224 g/mol. The maximum atomic E-state index is 6.43. The molecule has 4 heteroatoms. The number of hydrogen-bond acceptors (Lipinski definition) is 3. The summed E-state index contributed by atoms with van der Waals surface area (Å²) in [5, 5.41) is 0. The summed E-state index contributed by atoms with van der Waals surface area (Å²) in [6.07, 6.45) is 8.75. The first kappa shape index (κ1) is 13.6. The van der Waals surface area contributed by atoms with Gasteiger partial charge >= 0.3 is 0 Å². The van der Waals surface area contributed by atoms with Gasteiger partial charge in [0.15, 0.2) is 0 Å². The van der Waals surface area contributed by atoms with Crippen LogP contribution in [0.1, 0.15) is 51.3 Å². The van der Waals surface area contributed by atoms with Gasteiger partial charge in [0.1, 0.15) is 0 Å². The lowest BCUT2D eigenvalue weighted by Gasteiger charge is -2.33. The molecular formula is C14H26N4. The molecule has 102 valence electrons. The maximum Gasteiger partial charge on any atom is 0.0948 e. The molecule has 0 amide bonds. The number of likely N-dealkylation sites (tertiary alicyclic amines) is 1. The molecule has 2 N–H and O–H groups in total. The topological polar surface area (TPSA) is 47.1 Å². The van der Waals surface area contributed by atoms with Gasteiger partial charge in [0, 0.05) is 18.8 Å². The van der Waals surface area contributed by atoms with Crippen molar-refractivity contribution >= 4 is 0 Å². The third-order valence-corrected chi connectivity index (χ3v) is 3.93. The highest BCUT2D eigenvalue weighted by atomic mass is 15.2. The summed E-state index contributed by atoms with van der Waals surface area (Å²) in [4.78, 5) is 6.86. The fourth-order valence-corrected chi connectivity index (χ4v) is 3.05. The van der Waals surface area contributed by atoms with Crippen molar-refractivity contribution < 1.29 is 0 Å². The van der Waals surface area contributed by atoms with Crippen LogP contribution in [-0.4, -0.2) is 33.6 Å². The van der Waals surface area contributed by atoms with E-state index in [1.807, 2.05) is 12.5 Å². The Morgan fingerprint density at radius 3 is 2.94 bits per heavy atom. The Bertz CT molecular complexity index is 360. The van der Waals surface area contributed by atoms with Gasteiger partial charge in [-0.3, -0.25) is 4.90 Å². The third-order valence-electron chi connectivity index (χ3n) is 3.93. The number of aromatic nitrogens is 2. The van der Waals surface area contributed by atoms with Gasteiger partial charge in [-0.2, -0.15) is 0 Å². The van der Waals surface area contributed by atoms with Crippen LogP contribution in [0.5, 0.6) is 0 Å². The van der Waals surface area contributed by atoms with E-state index < -0.39 is 0 Å². The van der Waals surface area contributed by atoms with Crippen molar-refractivity contribution in [2.45, 2.75) is 58.2 Å². The van der Waals surface area contributed by atoms with Crippen molar-refractivity contribution in [3.05, 3.63) is 18.2 Å². The van der Waals surface area contributed by atoms with Crippen LogP contribution in [0.3, 0.4) is 0 Å². The molecule has 2 unspecified atom stereocenters. The fourth-order valence-electron chi connectivity index (χ4n) is 3.05. The minimum atomic E-state index is 0.237. The lowest BCUT2D eigenvalue weighted by Crippen LogP contribution is -2.41. The van der Waals surface area contributed by atoms with Crippen LogP contribution < -0.4 is 5.73 Å². The van der Waals surface area contributed by atoms with Crippen LogP contribution in [0.25, 0.3) is 0 Å². The van der Waals surface area contributed by atoms with E-state index in [1.54, 1.807) is 0 Å². The summed E-state index contributed by atoms with van der Waals surface area (Å²) in [7, 11) is 0. The molecule has 1 aromatic heterocycles. The Morgan fingerprint density at radius 1 is 1.39 bits per heavy atom. The number of rotatable bonds is 4. The van der Waals surface area contributed by atoms with Gasteiger partial charge < -0.3 is 10.3 Å². The zero-order valence-corrected chi connectivity index (χ0v) is 11.7. The highest BCUT2D eigenvalue weighted by molar-refractivity contribution is 5.10. The van der Waals surface area contributed by atoms with E-state index in [0.29, 0.717) is 6.04 Å². The highest BCUT2D eigenvalue weighted by Crippen LogP contribution is 2.29. The van der Waals surface area contributed by atoms with E-state index >= 15 is 0 Å². The van der Waals surface area contributed by atoms with Crippen molar-refractivity contribution in [3.63, 3.8) is 0 Å². The number of nitrogens with zero attached hydrogens (tertiary/aromatic N) is 3. The second kappa shape index (κ2) is 6.34. The molecule has 2 atom stereocenters. The highest BCUT2D eigenvalue weighted by Gasteiger charge is 2.30. The monoisotopic (exact) mass is 250 g/mol. The Hall–Kier alpha value is -0.870. The predicted octanol–water partition coefficient (Wildman–Crippen LogP) is 2.17. The minimum absolute atomic E-state index is 0.237. The smallest absolute Gasteiger partial charge is 0.0948 e. The first-order chi connectivity index (χ1) is 8.77. The summed E-state index contributed by atoms with van der Waals surface area (Å²) >= 11 is 0. The van der Waals surface area contributed by atoms with Gasteiger partial charge in [-0.25, -0.2) is 4.98 Å². The average Bonchev–Trinajstić information content (AvgIpc) is 2.75. The third kappa shape index (κ3) is 2.75. The molecule has 1 fully saturated rings. The van der Waals surface area contributed by atoms with Crippen molar-refractivity contribution in [3.8, 4) is 0 Å². The number of aryl methyl sites for hydroxylation is 1. The first-order valence-corrected chi connectivity index (χ1v) is 7.27. The molecule has 0 spiro atoms. The minimum Gasteiger partial charge on any atom is -0.333 e. The maximum absolute atomic E-state index is 6.43. The summed E-state index contributed by atoms with van der Waals surface area (Å²) < 4.78 is 2.23. The molecule has 1 aliphatic heterocycles. The van der Waals surface area contributed by atoms with Crippen LogP contribution in [0, 0.1) is 0 Å². The molecule has 1 aromatic rings. The molecule has 2 heterocycles. The lowest BCUT2D eigenvalue weighted by atomic mass is 10.0. The molecule has 1 aliphatic rings. The zero-order valence-electron chi connectivity index (χ0n) is 11.7. The Kier molecular flexibility index (Phi) is 4.78. The molecule has 0 aromatic carbocycles. The normalized spacial score (nSPS) is 26.2. The van der Waals surface area contributed by atoms with E-state index in [2.05, 4.69) is 28.3 Å². The van der Waals surface area contributed by atoms with Crippen LogP contribution in [0.4, 0.5) is 0 Å². The molecule has 0 saturated carbocycles. The summed E-state index contributed by atoms with van der Waals surface area (Å²) in [5.74, 6) is 0. The Morgan fingerprint density at radius 2 is 2.22 bits per heavy atom. The number of imidazole rings is 1. The summed E-state index contributed by atoms with van der Waals surface area (Å²) in [6.45, 7) is 7.68. The fraction of sp³-hybridized carbons (Fsp3) is 0.786. The van der Waals surface area contributed by atoms with E-state index in [4.69, 9.17) is 5.73 Å². The van der Waals surface area contributed by atoms with E-state index in [-0.39, 0.29) is 6.04 Å². The van der Waals surface area contributed by atoms with Crippen LogP contribution >= 0.6 is 0 Å². The summed E-state index contributed by atoms with van der Waals surface area (Å²) in [5.41, 5.74) is 7.72. The molecule has 0 bridgehead atoms. The van der Waals surface area contributed by atoms with Gasteiger partial charge in [0.2, 0.25) is 0 Å². The second-order valence-electron chi connectivity index (χ2n) is 5.24. The lowest BCUT2D eigenvalue weighted by molar-refractivity contribution is 0.178. The van der Waals surface area contributed by atoms with Crippen molar-refractivity contribution in [1.82, 2.24) is 14.5 Å². The van der Waals surface area contributed by atoms with Crippen LogP contribution in [0.15, 0.2) is 12.5 Å². The molecule has 2 rings (SSSR count). The molecule has 1 saturated heterocycles. The van der Waals surface area contributed by atoms with E-state index in [1.165, 1.54) is 31.5 Å². The molecule has 0 aliphatic carbocycles. The SMILES string of the molecule is CCCN1CCCCC(N)C1c1cncn1CC. The first-order valence-electron chi connectivity index (χ1n) is 7.27. The largest absolute Gasteiger partial charge is 0.333 e. The molecule has 18 heavy (non-hydrogen) atoms. The van der Waals surface area contributed by atoms with Gasteiger partial charge in [-0.1, -0.05) is 13.3 Å². The zero-order chi connectivity index (χ0) is 13.0. The van der Waals surface area contributed by atoms with Crippen molar-refractivity contribution in [2.24, 2.45) is 5.73 Å². The number of nitrogens with two attached hydrogens (primary N) is 1. The van der Waals surface area contributed by atoms with Gasteiger partial charge in [-0.05, 0) is 39.3 Å². The van der Waals surface area contributed by atoms with Gasteiger partial charge in [-0.15, -0.1) is 0 Å². The summed E-state index contributed by atoms with van der Waals surface area (Å²) in [6, 6.07) is 0.580. The molecule has 0 radical (unpaired) electrons. The number of hydrogen-bond donors (Lipinski definition) is 1. The standard InChI is InChI=1S/C14H26N4/c1-3-8-18-9-6-5-7-12(15)14(18)13-10-16-11-17(13)4-2/h10-12,14H,3-9,15H2,1-2H3. The second-order valence-corrected chi connectivity index (χ2v) is 5.24. The Labute approximate surface area is 110 Å².